The first kappa shape index (κ1) is 19.8. The molecule has 1 heterocycles. The van der Waals surface area contributed by atoms with Crippen molar-refractivity contribution in [3.63, 3.8) is 0 Å². The van der Waals surface area contributed by atoms with Crippen molar-refractivity contribution in [1.29, 1.82) is 0 Å². The largest absolute Gasteiger partial charge is 0.865 e. The fourth-order valence-electron chi connectivity index (χ4n) is 4.20. The summed E-state index contributed by atoms with van der Waals surface area (Å²) < 4.78 is 5.10. The van der Waals surface area contributed by atoms with Crippen LogP contribution >= 0.6 is 0 Å². The number of hydrogen-bond acceptors (Lipinski definition) is 7. The van der Waals surface area contributed by atoms with Crippen LogP contribution in [0.1, 0.15) is 38.3 Å². The number of ether oxygens (including phenoxy) is 1. The van der Waals surface area contributed by atoms with Crippen LogP contribution in [0.15, 0.2) is 47.7 Å². The smallest absolute Gasteiger partial charge is 0.265 e. The zero-order chi connectivity index (χ0) is 21.6. The molecule has 2 aromatic rings. The molecule has 0 unspecified atom stereocenters. The molecule has 8 nitrogen and oxygen atoms in total. The maximum Gasteiger partial charge on any atom is 0.265 e. The predicted molar refractivity (Wildman–Crippen MR) is 111 cm³/mol. The van der Waals surface area contributed by atoms with Crippen LogP contribution in [0.5, 0.6) is 11.5 Å². The Labute approximate surface area is 173 Å². The van der Waals surface area contributed by atoms with Crippen LogP contribution in [-0.2, 0) is 4.79 Å². The van der Waals surface area contributed by atoms with E-state index in [2.05, 4.69) is 10.6 Å². The third kappa shape index (κ3) is 3.34. The van der Waals surface area contributed by atoms with Gasteiger partial charge in [-0.05, 0) is 35.6 Å². The van der Waals surface area contributed by atoms with E-state index in [-0.39, 0.29) is 16.9 Å². The predicted octanol–water partition coefficient (Wildman–Crippen LogP) is 3.90. The molecule has 0 saturated heterocycles. The minimum Gasteiger partial charge on any atom is -0.865 e. The molecule has 2 N–H and O–H groups in total. The molecular weight excluding hydrogens is 386 g/mol. The minimum absolute atomic E-state index is 0.0353. The van der Waals surface area contributed by atoms with Gasteiger partial charge in [0, 0.05) is 29.5 Å². The molecule has 2 aliphatic rings. The Morgan fingerprint density at radius 3 is 2.53 bits per heavy atom. The van der Waals surface area contributed by atoms with Crippen molar-refractivity contribution in [3.8, 4) is 11.5 Å². The van der Waals surface area contributed by atoms with Gasteiger partial charge in [-0.15, -0.1) is 0 Å². The third-order valence-electron chi connectivity index (χ3n) is 5.53. The molecule has 1 atom stereocenters. The number of fused-ring (bicyclic) bond motifs is 1. The number of carbonyl (C=O) groups excluding carboxylic acids is 1. The van der Waals surface area contributed by atoms with Crippen molar-refractivity contribution in [2.75, 3.05) is 17.7 Å². The Morgan fingerprint density at radius 1 is 1.17 bits per heavy atom. The maximum absolute atomic E-state index is 13.2. The minimum atomic E-state index is -0.788. The van der Waals surface area contributed by atoms with Gasteiger partial charge in [-0.25, -0.2) is 0 Å². The fourth-order valence-corrected chi connectivity index (χ4v) is 4.20. The van der Waals surface area contributed by atoms with E-state index in [1.165, 1.54) is 19.2 Å². The number of nitro benzene ring substituents is 1. The van der Waals surface area contributed by atoms with Crippen LogP contribution in [0.4, 0.5) is 17.1 Å². The van der Waals surface area contributed by atoms with E-state index in [1.807, 2.05) is 38.1 Å². The van der Waals surface area contributed by atoms with E-state index >= 15 is 0 Å². The van der Waals surface area contributed by atoms with Gasteiger partial charge in [-0.2, -0.15) is 0 Å². The summed E-state index contributed by atoms with van der Waals surface area (Å²) in [4.78, 5) is 23.9. The summed E-state index contributed by atoms with van der Waals surface area (Å²) in [6.07, 6.45) is 1.01. The van der Waals surface area contributed by atoms with E-state index < -0.39 is 22.4 Å². The molecule has 4 rings (SSSR count). The van der Waals surface area contributed by atoms with Gasteiger partial charge in [0.1, 0.15) is 5.75 Å². The van der Waals surface area contributed by atoms with Gasteiger partial charge in [-0.3, -0.25) is 14.9 Å². The van der Waals surface area contributed by atoms with Gasteiger partial charge in [0.15, 0.2) is 5.78 Å². The van der Waals surface area contributed by atoms with Crippen molar-refractivity contribution >= 4 is 22.8 Å². The number of methoxy groups -OCH3 is 1. The van der Waals surface area contributed by atoms with E-state index in [0.717, 1.165) is 17.1 Å². The maximum atomic E-state index is 13.2. The van der Waals surface area contributed by atoms with Crippen LogP contribution in [0.3, 0.4) is 0 Å². The lowest BCUT2D eigenvalue weighted by molar-refractivity contribution is -0.398. The molecule has 30 heavy (non-hydrogen) atoms. The van der Waals surface area contributed by atoms with Gasteiger partial charge >= 0.3 is 0 Å². The van der Waals surface area contributed by atoms with Crippen LogP contribution in [0, 0.1) is 15.5 Å². The molecule has 1 aliphatic carbocycles. The van der Waals surface area contributed by atoms with Crippen molar-refractivity contribution < 1.29 is 19.6 Å². The molecule has 2 aromatic carbocycles. The van der Waals surface area contributed by atoms with E-state index in [9.17, 15) is 20.0 Å². The summed E-state index contributed by atoms with van der Waals surface area (Å²) in [5.41, 5.74) is 2.52. The normalized spacial score (nSPS) is 19.7. The summed E-state index contributed by atoms with van der Waals surface area (Å²) in [5, 5.41) is 30.5. The number of anilines is 2. The number of carbonyl (C=O) groups is 1. The first-order chi connectivity index (χ1) is 14.2. The molecule has 0 aromatic heterocycles. The third-order valence-corrected chi connectivity index (χ3v) is 5.53. The average Bonchev–Trinajstić information content (AvgIpc) is 2.83. The topological polar surface area (TPSA) is 117 Å². The van der Waals surface area contributed by atoms with Crippen LogP contribution in [0.25, 0.3) is 0 Å². The second-order valence-electron chi connectivity index (χ2n) is 8.41. The zero-order valence-electron chi connectivity index (χ0n) is 16.9. The highest BCUT2D eigenvalue weighted by atomic mass is 16.6. The molecule has 8 heteroatoms. The number of rotatable bonds is 3. The number of ketones is 1. The van der Waals surface area contributed by atoms with Crippen molar-refractivity contribution in [3.05, 3.63) is 63.3 Å². The highest BCUT2D eigenvalue weighted by Crippen LogP contribution is 2.47. The van der Waals surface area contributed by atoms with Gasteiger partial charge in [-0.1, -0.05) is 26.0 Å². The van der Waals surface area contributed by atoms with E-state index in [0.29, 0.717) is 24.0 Å². The Morgan fingerprint density at radius 2 is 1.87 bits per heavy atom. The second-order valence-corrected chi connectivity index (χ2v) is 8.41. The summed E-state index contributed by atoms with van der Waals surface area (Å²) in [6, 6.07) is 9.58. The zero-order valence-corrected chi connectivity index (χ0v) is 16.9. The quantitative estimate of drug-likeness (QED) is 0.584. The number of benzene rings is 2. The van der Waals surface area contributed by atoms with Crippen molar-refractivity contribution in [2.45, 2.75) is 32.7 Å². The molecule has 0 bridgehead atoms. The number of allylic oxidation sites excluding steroid dienone is 1. The van der Waals surface area contributed by atoms with Crippen LogP contribution in [0.2, 0.25) is 0 Å². The lowest BCUT2D eigenvalue weighted by atomic mass is 9.73. The fraction of sp³-hybridized carbons (Fsp3) is 0.318. The monoisotopic (exact) mass is 408 g/mol. The Kier molecular flexibility index (Phi) is 4.64. The first-order valence-electron chi connectivity index (χ1n) is 9.62. The van der Waals surface area contributed by atoms with Crippen molar-refractivity contribution in [1.82, 2.24) is 0 Å². The molecular formula is C22H22N3O5-. The standard InChI is InChI=1S/C22H23N3O5/c1-22(2)10-15-19(17(26)11-22)20(24-14-7-5-4-6-13(14)23-15)12-8-16(25(28)29)21(27)18(9-12)30-3/h4-9,20,23-24,27H,10-11H2,1-3H3/p-1/t20-/m1/s1. The number of Topliss-reactive ketones (excluding diaryl/α,β-unsaturated/α-hetero) is 1. The Balaban J connectivity index is 1.94. The molecule has 1 aliphatic heterocycles. The Bertz CT molecular complexity index is 1090. The van der Waals surface area contributed by atoms with Crippen LogP contribution in [-0.4, -0.2) is 17.8 Å². The molecule has 0 amide bonds. The van der Waals surface area contributed by atoms with Gasteiger partial charge in [0.05, 0.1) is 29.4 Å². The molecule has 0 radical (unpaired) electrons. The Hall–Kier alpha value is -3.55. The van der Waals surface area contributed by atoms with E-state index in [4.69, 9.17) is 4.74 Å². The number of nitro groups is 1. The summed E-state index contributed by atoms with van der Waals surface area (Å²) in [6.45, 7) is 4.07. The molecule has 0 fully saturated rings. The average molecular weight is 408 g/mol. The molecule has 0 saturated carbocycles. The van der Waals surface area contributed by atoms with Crippen LogP contribution < -0.4 is 20.5 Å². The summed E-state index contributed by atoms with van der Waals surface area (Å²) in [5.74, 6) is -0.951. The highest BCUT2D eigenvalue weighted by molar-refractivity contribution is 6.01. The number of para-hydroxylation sites is 2. The summed E-state index contributed by atoms with van der Waals surface area (Å²) >= 11 is 0. The van der Waals surface area contributed by atoms with E-state index in [1.54, 1.807) is 0 Å². The lowest BCUT2D eigenvalue weighted by Gasteiger charge is -2.34. The van der Waals surface area contributed by atoms with Gasteiger partial charge < -0.3 is 20.5 Å². The summed E-state index contributed by atoms with van der Waals surface area (Å²) in [7, 11) is 1.29. The lowest BCUT2D eigenvalue weighted by Crippen LogP contribution is -2.31. The first-order valence-corrected chi connectivity index (χ1v) is 9.62. The molecule has 156 valence electrons. The van der Waals surface area contributed by atoms with Gasteiger partial charge in [0.2, 0.25) is 0 Å². The number of nitrogens with one attached hydrogen (secondary N) is 2. The number of hydrogen-bond donors (Lipinski definition) is 2. The second kappa shape index (κ2) is 7.05. The molecule has 0 spiro atoms. The highest BCUT2D eigenvalue weighted by Gasteiger charge is 2.39. The SMILES string of the molecule is COc1cc([C@H]2Nc3ccccc3NC3=C2C(=O)CC(C)(C)C3)cc([N+](=O)[O-])c1[O-]. The number of nitrogens with zero attached hydrogens (tertiary/aromatic N) is 1. The van der Waals surface area contributed by atoms with Crippen molar-refractivity contribution in [2.24, 2.45) is 5.41 Å². The van der Waals surface area contributed by atoms with Gasteiger partial charge in [0.25, 0.3) is 5.69 Å².